The highest BCUT2D eigenvalue weighted by atomic mass is 32.1. The molecule has 0 N–H and O–H groups in total. The maximum atomic E-state index is 6.44. The Morgan fingerprint density at radius 1 is 0.511 bits per heavy atom. The monoisotopic (exact) mass is 593 g/mol. The summed E-state index contributed by atoms with van der Waals surface area (Å²) in [6.45, 7) is 0. The van der Waals surface area contributed by atoms with Crippen LogP contribution in [0.4, 0.5) is 0 Å². The Morgan fingerprint density at radius 3 is 2.04 bits per heavy atom. The summed E-state index contributed by atoms with van der Waals surface area (Å²) in [7, 11) is 0. The second kappa shape index (κ2) is 9.36. The van der Waals surface area contributed by atoms with Crippen LogP contribution in [0.1, 0.15) is 0 Å². The van der Waals surface area contributed by atoms with Crippen molar-refractivity contribution >= 4 is 75.4 Å². The molecule has 0 unspecified atom stereocenters. The van der Waals surface area contributed by atoms with Gasteiger partial charge in [-0.25, -0.2) is 4.98 Å². The van der Waals surface area contributed by atoms with E-state index in [2.05, 4.69) is 120 Å². The zero-order chi connectivity index (χ0) is 29.5. The molecule has 0 amide bonds. The van der Waals surface area contributed by atoms with Gasteiger partial charge in [0, 0.05) is 37.2 Å². The first-order valence-electron chi connectivity index (χ1n) is 15.0. The molecule has 4 heterocycles. The van der Waals surface area contributed by atoms with E-state index in [-0.39, 0.29) is 0 Å². The Kier molecular flexibility index (Phi) is 5.12. The van der Waals surface area contributed by atoms with Crippen molar-refractivity contribution in [2.45, 2.75) is 0 Å². The summed E-state index contributed by atoms with van der Waals surface area (Å²) in [6.07, 6.45) is 0. The number of nitrogens with zero attached hydrogens (tertiary/aromatic N) is 3. The molecule has 6 aromatic carbocycles. The first kappa shape index (κ1) is 24.6. The van der Waals surface area contributed by atoms with Gasteiger partial charge in [0.2, 0.25) is 11.7 Å². The van der Waals surface area contributed by atoms with Crippen LogP contribution in [0.2, 0.25) is 0 Å². The van der Waals surface area contributed by atoms with Crippen LogP contribution in [0.25, 0.3) is 92.4 Å². The second-order valence-corrected chi connectivity index (χ2v) is 12.4. The minimum Gasteiger partial charge on any atom is -0.437 e. The Morgan fingerprint density at radius 2 is 1.18 bits per heavy atom. The first-order valence-corrected chi connectivity index (χ1v) is 15.8. The third kappa shape index (κ3) is 3.59. The van der Waals surface area contributed by atoms with Crippen molar-refractivity contribution in [2.24, 2.45) is 0 Å². The zero-order valence-corrected chi connectivity index (χ0v) is 24.8. The van der Waals surface area contributed by atoms with Gasteiger partial charge in [-0.3, -0.25) is 4.57 Å². The number of rotatable bonds is 3. The summed E-state index contributed by atoms with van der Waals surface area (Å²) in [5, 5.41) is 6.81. The van der Waals surface area contributed by atoms with Gasteiger partial charge in [0.05, 0.1) is 26.8 Å². The topological polar surface area (TPSA) is 43.9 Å². The molecule has 4 aromatic heterocycles. The van der Waals surface area contributed by atoms with Crippen LogP contribution < -0.4 is 0 Å². The Labute approximate surface area is 261 Å². The van der Waals surface area contributed by atoms with E-state index < -0.39 is 0 Å². The Balaban J connectivity index is 1.31. The molecule has 0 fully saturated rings. The van der Waals surface area contributed by atoms with Gasteiger partial charge in [0.15, 0.2) is 0 Å². The smallest absolute Gasteiger partial charge is 0.238 e. The van der Waals surface area contributed by atoms with E-state index >= 15 is 0 Å². The van der Waals surface area contributed by atoms with Gasteiger partial charge in [0.1, 0.15) is 5.58 Å². The second-order valence-electron chi connectivity index (χ2n) is 11.4. The van der Waals surface area contributed by atoms with Crippen LogP contribution >= 0.6 is 11.3 Å². The number of benzene rings is 6. The molecule has 10 rings (SSSR count). The largest absolute Gasteiger partial charge is 0.437 e. The average Bonchev–Trinajstić information content (AvgIpc) is 3.78. The van der Waals surface area contributed by atoms with Crippen LogP contribution in [0.15, 0.2) is 144 Å². The lowest BCUT2D eigenvalue weighted by Crippen LogP contribution is -2.03. The molecular formula is C40H23N3OS. The molecule has 0 atom stereocenters. The highest BCUT2D eigenvalue weighted by Gasteiger charge is 2.23. The van der Waals surface area contributed by atoms with Gasteiger partial charge in [-0.1, -0.05) is 121 Å². The molecule has 0 radical (unpaired) electrons. The molecular weight excluding hydrogens is 571 g/mol. The van der Waals surface area contributed by atoms with Gasteiger partial charge in [-0.05, 0) is 29.3 Å². The molecule has 5 heteroatoms. The summed E-state index contributed by atoms with van der Waals surface area (Å²) < 4.78 is 11.2. The standard InChI is InChI=1S/C40H23N3OS/c1-2-10-24(11-3-1)25-18-20-26(21-19-25)36-35-31-14-5-8-16-33(31)44-39(35)42-40(41-36)43-32-15-7-4-12-27(32)29-22-23-30-28-13-6-9-17-34(28)45-38(30)37(29)43/h1-23H. The molecule has 45 heavy (non-hydrogen) atoms. The lowest BCUT2D eigenvalue weighted by molar-refractivity contribution is 0.651. The van der Waals surface area contributed by atoms with E-state index in [1.54, 1.807) is 0 Å². The highest BCUT2D eigenvalue weighted by Crippen LogP contribution is 2.43. The normalized spacial score (nSPS) is 12.0. The van der Waals surface area contributed by atoms with E-state index in [1.165, 1.54) is 36.5 Å². The number of furan rings is 1. The zero-order valence-electron chi connectivity index (χ0n) is 23.9. The Bertz CT molecular complexity index is 2750. The molecule has 0 aliphatic heterocycles. The van der Waals surface area contributed by atoms with Crippen molar-refractivity contribution in [1.82, 2.24) is 14.5 Å². The quantitative estimate of drug-likeness (QED) is 0.205. The number of para-hydroxylation sites is 2. The molecule has 0 aliphatic carbocycles. The van der Waals surface area contributed by atoms with Gasteiger partial charge in [-0.15, -0.1) is 11.3 Å². The minimum absolute atomic E-state index is 0.581. The Hall–Kier alpha value is -5.78. The molecule has 4 nitrogen and oxygen atoms in total. The van der Waals surface area contributed by atoms with E-state index in [9.17, 15) is 0 Å². The summed E-state index contributed by atoms with van der Waals surface area (Å²) in [4.78, 5) is 10.6. The molecule has 0 aliphatic rings. The van der Waals surface area contributed by atoms with Crippen LogP contribution in [-0.2, 0) is 0 Å². The van der Waals surface area contributed by atoms with Gasteiger partial charge < -0.3 is 4.42 Å². The number of hydrogen-bond donors (Lipinski definition) is 0. The minimum atomic E-state index is 0.581. The van der Waals surface area contributed by atoms with E-state index in [0.717, 1.165) is 44.2 Å². The molecule has 0 saturated carbocycles. The molecule has 0 bridgehead atoms. The fraction of sp³-hybridized carbons (Fsp3) is 0. The van der Waals surface area contributed by atoms with Crippen LogP contribution in [0.5, 0.6) is 0 Å². The van der Waals surface area contributed by atoms with Gasteiger partial charge in [0.25, 0.3) is 0 Å². The third-order valence-electron chi connectivity index (χ3n) is 8.87. The molecule has 210 valence electrons. The van der Waals surface area contributed by atoms with Crippen molar-refractivity contribution in [3.63, 3.8) is 0 Å². The predicted molar refractivity (Wildman–Crippen MR) is 187 cm³/mol. The van der Waals surface area contributed by atoms with Crippen molar-refractivity contribution in [3.05, 3.63) is 140 Å². The van der Waals surface area contributed by atoms with E-state index in [1.807, 2.05) is 35.6 Å². The lowest BCUT2D eigenvalue weighted by atomic mass is 10.0. The van der Waals surface area contributed by atoms with Crippen LogP contribution in [-0.4, -0.2) is 14.5 Å². The molecule has 0 spiro atoms. The fourth-order valence-corrected chi connectivity index (χ4v) is 8.05. The third-order valence-corrected chi connectivity index (χ3v) is 10.1. The lowest BCUT2D eigenvalue weighted by Gasteiger charge is -2.10. The van der Waals surface area contributed by atoms with E-state index in [0.29, 0.717) is 11.7 Å². The summed E-state index contributed by atoms with van der Waals surface area (Å²) in [5.41, 5.74) is 7.79. The van der Waals surface area contributed by atoms with Crippen molar-refractivity contribution in [1.29, 1.82) is 0 Å². The number of fused-ring (bicyclic) bond motifs is 10. The first-order chi connectivity index (χ1) is 22.3. The van der Waals surface area contributed by atoms with Crippen molar-refractivity contribution in [3.8, 4) is 28.3 Å². The molecule has 0 saturated heterocycles. The maximum Gasteiger partial charge on any atom is 0.238 e. The summed E-state index contributed by atoms with van der Waals surface area (Å²) >= 11 is 1.82. The fourth-order valence-electron chi connectivity index (χ4n) is 6.81. The van der Waals surface area contributed by atoms with Gasteiger partial charge >= 0.3 is 0 Å². The maximum absolute atomic E-state index is 6.44. The summed E-state index contributed by atoms with van der Waals surface area (Å²) in [6, 6.07) is 48.9. The van der Waals surface area contributed by atoms with Crippen molar-refractivity contribution in [2.75, 3.05) is 0 Å². The van der Waals surface area contributed by atoms with Crippen molar-refractivity contribution < 1.29 is 4.42 Å². The number of thiophene rings is 1. The van der Waals surface area contributed by atoms with E-state index in [4.69, 9.17) is 14.4 Å². The highest BCUT2D eigenvalue weighted by molar-refractivity contribution is 7.26. The average molecular weight is 594 g/mol. The molecule has 10 aromatic rings. The number of hydrogen-bond acceptors (Lipinski definition) is 4. The summed E-state index contributed by atoms with van der Waals surface area (Å²) in [5.74, 6) is 0.597. The van der Waals surface area contributed by atoms with Gasteiger partial charge in [-0.2, -0.15) is 4.98 Å². The van der Waals surface area contributed by atoms with Crippen LogP contribution in [0.3, 0.4) is 0 Å². The van der Waals surface area contributed by atoms with Crippen LogP contribution in [0, 0.1) is 0 Å². The predicted octanol–water partition coefficient (Wildman–Crippen LogP) is 11.2. The SMILES string of the molecule is c1ccc(-c2ccc(-c3nc(-n4c5ccccc5c5ccc6c7ccccc7sc6c54)nc4oc5ccccc5c34)cc2)cc1. The number of aromatic nitrogens is 3.